The maximum absolute atomic E-state index is 12.7. The third-order valence-electron chi connectivity index (χ3n) is 4.38. The first-order valence-corrected chi connectivity index (χ1v) is 9.56. The Morgan fingerprint density at radius 2 is 1.96 bits per heavy atom. The SMILES string of the molecule is Cc1cc(Cl)ccc1OC(C)C(=O)Nc1cccc(Cl)c1N1CCOCC1. The predicted octanol–water partition coefficient (Wildman–Crippen LogP) is 4.54. The zero-order valence-electron chi connectivity index (χ0n) is 15.3. The Bertz CT molecular complexity index is 823. The van der Waals surface area contributed by atoms with E-state index in [1.54, 1.807) is 25.1 Å². The molecule has 7 heteroatoms. The van der Waals surface area contributed by atoms with Crippen LogP contribution in [-0.2, 0) is 9.53 Å². The van der Waals surface area contributed by atoms with E-state index >= 15 is 0 Å². The van der Waals surface area contributed by atoms with Gasteiger partial charge in [0, 0.05) is 18.1 Å². The fourth-order valence-corrected chi connectivity index (χ4v) is 3.47. The molecule has 2 aromatic carbocycles. The van der Waals surface area contributed by atoms with Crippen molar-refractivity contribution in [2.75, 3.05) is 36.5 Å². The standard InChI is InChI=1S/C20H22Cl2N2O3/c1-13-12-15(21)6-7-18(13)27-14(2)20(25)23-17-5-3-4-16(22)19(17)24-8-10-26-11-9-24/h3-7,12,14H,8-11H2,1-2H3,(H,23,25). The summed E-state index contributed by atoms with van der Waals surface area (Å²) in [5, 5.41) is 4.17. The van der Waals surface area contributed by atoms with Crippen molar-refractivity contribution >= 4 is 40.5 Å². The molecule has 2 aromatic rings. The second-order valence-electron chi connectivity index (χ2n) is 6.39. The van der Waals surface area contributed by atoms with E-state index in [-0.39, 0.29) is 5.91 Å². The average molecular weight is 409 g/mol. The Kier molecular flexibility index (Phi) is 6.47. The topological polar surface area (TPSA) is 50.8 Å². The largest absolute Gasteiger partial charge is 0.481 e. The first kappa shape index (κ1) is 19.8. The summed E-state index contributed by atoms with van der Waals surface area (Å²) < 4.78 is 11.2. The van der Waals surface area contributed by atoms with Crippen molar-refractivity contribution < 1.29 is 14.3 Å². The van der Waals surface area contributed by atoms with Crippen LogP contribution in [0.5, 0.6) is 5.75 Å². The highest BCUT2D eigenvalue weighted by molar-refractivity contribution is 6.34. The number of hydrogen-bond acceptors (Lipinski definition) is 4. The number of benzene rings is 2. The number of carbonyl (C=O) groups excluding carboxylic acids is 1. The van der Waals surface area contributed by atoms with Gasteiger partial charge in [0.15, 0.2) is 6.10 Å². The lowest BCUT2D eigenvalue weighted by atomic mass is 10.2. The summed E-state index contributed by atoms with van der Waals surface area (Å²) in [6.07, 6.45) is -0.679. The quantitative estimate of drug-likeness (QED) is 0.788. The monoisotopic (exact) mass is 408 g/mol. The molecule has 144 valence electrons. The highest BCUT2D eigenvalue weighted by atomic mass is 35.5. The van der Waals surface area contributed by atoms with E-state index in [1.807, 2.05) is 25.1 Å². The fraction of sp³-hybridized carbons (Fsp3) is 0.350. The predicted molar refractivity (Wildman–Crippen MR) is 109 cm³/mol. The van der Waals surface area contributed by atoms with Crippen molar-refractivity contribution in [2.24, 2.45) is 0 Å². The number of nitrogens with one attached hydrogen (secondary N) is 1. The molecule has 1 aliphatic rings. The lowest BCUT2D eigenvalue weighted by Crippen LogP contribution is -2.37. The molecule has 0 aromatic heterocycles. The number of anilines is 2. The van der Waals surface area contributed by atoms with E-state index in [0.29, 0.717) is 34.7 Å². The van der Waals surface area contributed by atoms with Crippen LogP contribution in [0, 0.1) is 6.92 Å². The molecule has 3 rings (SSSR count). The van der Waals surface area contributed by atoms with Gasteiger partial charge in [-0.15, -0.1) is 0 Å². The van der Waals surface area contributed by atoms with Gasteiger partial charge in [-0.05, 0) is 49.7 Å². The molecule has 1 fully saturated rings. The van der Waals surface area contributed by atoms with Crippen LogP contribution in [0.2, 0.25) is 10.0 Å². The van der Waals surface area contributed by atoms with Crippen LogP contribution >= 0.6 is 23.2 Å². The van der Waals surface area contributed by atoms with Gasteiger partial charge in [0.25, 0.3) is 5.91 Å². The molecule has 1 N–H and O–H groups in total. The van der Waals surface area contributed by atoms with E-state index in [0.717, 1.165) is 24.3 Å². The third-order valence-corrected chi connectivity index (χ3v) is 4.92. The summed E-state index contributed by atoms with van der Waals surface area (Å²) in [7, 11) is 0. The molecule has 5 nitrogen and oxygen atoms in total. The van der Waals surface area contributed by atoms with Crippen molar-refractivity contribution in [3.8, 4) is 5.75 Å². The molecule has 1 heterocycles. The highest BCUT2D eigenvalue weighted by Gasteiger charge is 2.22. The molecule has 0 aliphatic carbocycles. The Labute approximate surface area is 169 Å². The number of halogens is 2. The highest BCUT2D eigenvalue weighted by Crippen LogP contribution is 2.34. The van der Waals surface area contributed by atoms with E-state index in [9.17, 15) is 4.79 Å². The molecular weight excluding hydrogens is 387 g/mol. The normalized spacial score (nSPS) is 15.3. The second-order valence-corrected chi connectivity index (χ2v) is 7.24. The molecule has 1 aliphatic heterocycles. The smallest absolute Gasteiger partial charge is 0.265 e. The minimum atomic E-state index is -0.679. The lowest BCUT2D eigenvalue weighted by Gasteiger charge is -2.31. The minimum Gasteiger partial charge on any atom is -0.481 e. The van der Waals surface area contributed by atoms with Gasteiger partial charge >= 0.3 is 0 Å². The average Bonchev–Trinajstić information content (AvgIpc) is 2.64. The van der Waals surface area contributed by atoms with Crippen LogP contribution in [0.4, 0.5) is 11.4 Å². The van der Waals surface area contributed by atoms with Crippen molar-refractivity contribution in [2.45, 2.75) is 20.0 Å². The van der Waals surface area contributed by atoms with Crippen molar-refractivity contribution in [3.05, 3.63) is 52.0 Å². The molecule has 1 unspecified atom stereocenters. The number of morpholine rings is 1. The summed E-state index contributed by atoms with van der Waals surface area (Å²) in [6.45, 7) is 6.31. The van der Waals surface area contributed by atoms with Gasteiger partial charge in [0.05, 0.1) is 29.6 Å². The summed E-state index contributed by atoms with van der Waals surface area (Å²) in [6, 6.07) is 10.8. The first-order valence-electron chi connectivity index (χ1n) is 8.80. The van der Waals surface area contributed by atoms with Gasteiger partial charge in [0.2, 0.25) is 0 Å². The fourth-order valence-electron chi connectivity index (χ4n) is 2.95. The Balaban J connectivity index is 1.74. The molecule has 1 amide bonds. The number of rotatable bonds is 5. The zero-order chi connectivity index (χ0) is 19.4. The zero-order valence-corrected chi connectivity index (χ0v) is 16.8. The maximum atomic E-state index is 12.7. The number of carbonyl (C=O) groups is 1. The minimum absolute atomic E-state index is 0.249. The third kappa shape index (κ3) is 4.86. The van der Waals surface area contributed by atoms with Crippen LogP contribution in [-0.4, -0.2) is 38.3 Å². The Hall–Kier alpha value is -1.95. The van der Waals surface area contributed by atoms with Gasteiger partial charge in [-0.25, -0.2) is 0 Å². The molecule has 0 radical (unpaired) electrons. The first-order chi connectivity index (χ1) is 13.0. The summed E-state index contributed by atoms with van der Waals surface area (Å²) in [5.74, 6) is 0.377. The van der Waals surface area contributed by atoms with Crippen LogP contribution in [0.3, 0.4) is 0 Å². The summed E-state index contributed by atoms with van der Waals surface area (Å²) in [4.78, 5) is 14.8. The lowest BCUT2D eigenvalue weighted by molar-refractivity contribution is -0.122. The number of para-hydroxylation sites is 1. The molecule has 0 spiro atoms. The molecule has 1 saturated heterocycles. The van der Waals surface area contributed by atoms with Crippen LogP contribution in [0.25, 0.3) is 0 Å². The van der Waals surface area contributed by atoms with E-state index < -0.39 is 6.10 Å². The Morgan fingerprint density at radius 1 is 1.22 bits per heavy atom. The molecule has 0 bridgehead atoms. The van der Waals surface area contributed by atoms with Gasteiger partial charge in [-0.3, -0.25) is 4.79 Å². The van der Waals surface area contributed by atoms with Crippen LogP contribution in [0.1, 0.15) is 12.5 Å². The number of ether oxygens (including phenoxy) is 2. The maximum Gasteiger partial charge on any atom is 0.265 e. The molecule has 27 heavy (non-hydrogen) atoms. The number of nitrogens with zero attached hydrogens (tertiary/aromatic N) is 1. The summed E-state index contributed by atoms with van der Waals surface area (Å²) in [5.41, 5.74) is 2.35. The molecule has 1 atom stereocenters. The Morgan fingerprint density at radius 3 is 2.67 bits per heavy atom. The van der Waals surface area contributed by atoms with Gasteiger partial charge in [-0.2, -0.15) is 0 Å². The molecular formula is C20H22Cl2N2O3. The van der Waals surface area contributed by atoms with E-state index in [2.05, 4.69) is 10.2 Å². The molecule has 0 saturated carbocycles. The second kappa shape index (κ2) is 8.83. The number of hydrogen-bond donors (Lipinski definition) is 1. The van der Waals surface area contributed by atoms with Gasteiger partial charge in [0.1, 0.15) is 5.75 Å². The van der Waals surface area contributed by atoms with Crippen molar-refractivity contribution in [1.29, 1.82) is 0 Å². The van der Waals surface area contributed by atoms with E-state index in [1.165, 1.54) is 0 Å². The number of aryl methyl sites for hydroxylation is 1. The van der Waals surface area contributed by atoms with E-state index in [4.69, 9.17) is 32.7 Å². The van der Waals surface area contributed by atoms with Crippen molar-refractivity contribution in [1.82, 2.24) is 0 Å². The van der Waals surface area contributed by atoms with Crippen LogP contribution < -0.4 is 15.0 Å². The van der Waals surface area contributed by atoms with Gasteiger partial charge < -0.3 is 19.7 Å². The number of amides is 1. The van der Waals surface area contributed by atoms with Gasteiger partial charge in [-0.1, -0.05) is 29.3 Å². The summed E-state index contributed by atoms with van der Waals surface area (Å²) >= 11 is 12.4. The van der Waals surface area contributed by atoms with Crippen molar-refractivity contribution in [3.63, 3.8) is 0 Å². The van der Waals surface area contributed by atoms with Crippen LogP contribution in [0.15, 0.2) is 36.4 Å².